The number of nitrogens with zero attached hydrogens (tertiary/aromatic N) is 3. The highest BCUT2D eigenvalue weighted by Crippen LogP contribution is 2.26. The van der Waals surface area contributed by atoms with Gasteiger partial charge in [-0.1, -0.05) is 6.07 Å². The summed E-state index contributed by atoms with van der Waals surface area (Å²) in [6.45, 7) is 2.42. The van der Waals surface area contributed by atoms with E-state index in [4.69, 9.17) is 0 Å². The summed E-state index contributed by atoms with van der Waals surface area (Å²) in [5.74, 6) is -2.48. The molecule has 0 atom stereocenters. The number of fused-ring (bicyclic) bond motifs is 1. The van der Waals surface area contributed by atoms with E-state index in [1.165, 1.54) is 4.57 Å². The lowest BCUT2D eigenvalue weighted by Gasteiger charge is -2.16. The Balaban J connectivity index is 1.74. The van der Waals surface area contributed by atoms with Crippen LogP contribution in [0.2, 0.25) is 0 Å². The van der Waals surface area contributed by atoms with E-state index in [0.717, 1.165) is 41.1 Å². The second-order valence-corrected chi connectivity index (χ2v) is 6.58. The van der Waals surface area contributed by atoms with Gasteiger partial charge in [-0.05, 0) is 47.4 Å². The topological polar surface area (TPSA) is 59.3 Å². The molecule has 8 heteroatoms. The van der Waals surface area contributed by atoms with Crippen LogP contribution >= 0.6 is 0 Å². The Morgan fingerprint density at radius 3 is 2.61 bits per heavy atom. The normalized spacial score (nSPS) is 12.3. The smallest absolute Gasteiger partial charge is 0.310 e. The van der Waals surface area contributed by atoms with E-state index in [1.54, 1.807) is 6.21 Å². The van der Waals surface area contributed by atoms with Gasteiger partial charge in [0.05, 0.1) is 13.1 Å². The van der Waals surface area contributed by atoms with Gasteiger partial charge in [0.2, 0.25) is 11.8 Å². The van der Waals surface area contributed by atoms with Crippen molar-refractivity contribution >= 4 is 17.9 Å². The molecule has 0 saturated heterocycles. The second-order valence-electron chi connectivity index (χ2n) is 6.58. The number of hydrogen-bond acceptors (Lipinski definition) is 4. The Labute approximate surface area is 158 Å². The number of hydrogen-bond donors (Lipinski definition) is 1. The van der Waals surface area contributed by atoms with Gasteiger partial charge in [0.1, 0.15) is 11.6 Å². The van der Waals surface area contributed by atoms with Gasteiger partial charge in [-0.3, -0.25) is 9.79 Å². The third-order valence-corrected chi connectivity index (χ3v) is 4.45. The van der Waals surface area contributed by atoms with Crippen molar-refractivity contribution in [3.05, 3.63) is 86.6 Å². The first-order valence-corrected chi connectivity index (χ1v) is 8.51. The molecule has 0 saturated carbocycles. The highest BCUT2D eigenvalue weighted by Gasteiger charge is 2.14. The number of rotatable bonds is 4. The molecule has 0 unspecified atom stereocenters. The molecule has 1 N–H and O–H groups in total. The predicted molar refractivity (Wildman–Crippen MR) is 99.7 cm³/mol. The summed E-state index contributed by atoms with van der Waals surface area (Å²) in [6.07, 6.45) is 2.71. The van der Waals surface area contributed by atoms with Crippen LogP contribution in [0.3, 0.4) is 0 Å². The van der Waals surface area contributed by atoms with Crippen LogP contribution in [-0.2, 0) is 13.1 Å². The Morgan fingerprint density at radius 2 is 1.86 bits per heavy atom. The van der Waals surface area contributed by atoms with E-state index >= 15 is 0 Å². The maximum absolute atomic E-state index is 13.8. The standard InChI is InChI=1S/C20H15F3N4O/c1-11-2-13-7-24-8-14(13)5-18(11)25-20-26-19(28)17(23)10-27(20)9-12-3-15(21)6-16(22)4-12/h2-6,8,10H,7,9H2,1H3,(H,25,26,28). The molecule has 1 aromatic heterocycles. The minimum Gasteiger partial charge on any atom is -0.325 e. The van der Waals surface area contributed by atoms with Crippen molar-refractivity contribution in [2.75, 3.05) is 5.32 Å². The zero-order valence-electron chi connectivity index (χ0n) is 14.8. The molecule has 0 bridgehead atoms. The van der Waals surface area contributed by atoms with Crippen LogP contribution in [0.25, 0.3) is 0 Å². The highest BCUT2D eigenvalue weighted by molar-refractivity contribution is 5.87. The lowest BCUT2D eigenvalue weighted by molar-refractivity contribution is 0.568. The molecule has 3 aromatic rings. The molecule has 28 heavy (non-hydrogen) atoms. The predicted octanol–water partition coefficient (Wildman–Crippen LogP) is 3.69. The average Bonchev–Trinajstić information content (AvgIpc) is 3.05. The van der Waals surface area contributed by atoms with E-state index in [9.17, 15) is 18.0 Å². The highest BCUT2D eigenvalue weighted by atomic mass is 19.1. The van der Waals surface area contributed by atoms with Gasteiger partial charge in [-0.25, -0.2) is 8.78 Å². The summed E-state index contributed by atoms with van der Waals surface area (Å²) in [6, 6.07) is 6.86. The monoisotopic (exact) mass is 384 g/mol. The molecule has 1 aliphatic rings. The van der Waals surface area contributed by atoms with Crippen molar-refractivity contribution in [3.63, 3.8) is 0 Å². The van der Waals surface area contributed by atoms with Gasteiger partial charge in [0.15, 0.2) is 0 Å². The van der Waals surface area contributed by atoms with Crippen molar-refractivity contribution in [1.29, 1.82) is 0 Å². The zero-order valence-corrected chi connectivity index (χ0v) is 14.8. The quantitative estimate of drug-likeness (QED) is 0.746. The molecular formula is C20H15F3N4O. The first-order valence-electron chi connectivity index (χ1n) is 8.51. The van der Waals surface area contributed by atoms with Gasteiger partial charge in [0, 0.05) is 24.2 Å². The number of aliphatic imine (C=N–C) groups is 1. The van der Waals surface area contributed by atoms with Crippen LogP contribution < -0.4 is 10.9 Å². The van der Waals surface area contributed by atoms with Crippen LogP contribution in [-0.4, -0.2) is 15.8 Å². The molecule has 142 valence electrons. The lowest BCUT2D eigenvalue weighted by atomic mass is 10.0. The second kappa shape index (κ2) is 6.95. The fourth-order valence-corrected chi connectivity index (χ4v) is 3.13. The van der Waals surface area contributed by atoms with E-state index < -0.39 is 23.0 Å². The largest absolute Gasteiger partial charge is 0.325 e. The van der Waals surface area contributed by atoms with Crippen LogP contribution in [0.1, 0.15) is 22.3 Å². The van der Waals surface area contributed by atoms with Crippen LogP contribution in [0.5, 0.6) is 0 Å². The maximum atomic E-state index is 13.8. The fourth-order valence-electron chi connectivity index (χ4n) is 3.13. The van der Waals surface area contributed by atoms with Gasteiger partial charge in [-0.2, -0.15) is 9.37 Å². The summed E-state index contributed by atoms with van der Waals surface area (Å²) in [7, 11) is 0. The molecule has 0 spiro atoms. The van der Waals surface area contributed by atoms with E-state index in [0.29, 0.717) is 12.2 Å². The van der Waals surface area contributed by atoms with Crippen LogP contribution in [0.15, 0.2) is 46.3 Å². The summed E-state index contributed by atoms with van der Waals surface area (Å²) < 4.78 is 42.1. The Hall–Kier alpha value is -3.42. The zero-order chi connectivity index (χ0) is 19.8. The molecule has 0 radical (unpaired) electrons. The summed E-state index contributed by atoms with van der Waals surface area (Å²) in [4.78, 5) is 19.7. The van der Waals surface area contributed by atoms with Gasteiger partial charge in [-0.15, -0.1) is 0 Å². The van der Waals surface area contributed by atoms with Crippen molar-refractivity contribution < 1.29 is 13.2 Å². The van der Waals surface area contributed by atoms with Gasteiger partial charge >= 0.3 is 5.56 Å². The van der Waals surface area contributed by atoms with Gasteiger partial charge < -0.3 is 9.88 Å². The van der Waals surface area contributed by atoms with Crippen LogP contribution in [0.4, 0.5) is 24.8 Å². The first-order chi connectivity index (χ1) is 13.4. The van der Waals surface area contributed by atoms with Crippen LogP contribution in [0, 0.1) is 24.4 Å². The molecular weight excluding hydrogens is 369 g/mol. The third-order valence-electron chi connectivity index (χ3n) is 4.45. The molecule has 1 aliphatic heterocycles. The van der Waals surface area contributed by atoms with E-state index in [-0.39, 0.29) is 18.1 Å². The maximum Gasteiger partial charge on any atom is 0.310 e. The summed E-state index contributed by atoms with van der Waals surface area (Å²) in [5, 5.41) is 3.02. The Bertz CT molecular complexity index is 1150. The van der Waals surface area contributed by atoms with E-state index in [1.807, 2.05) is 19.1 Å². The molecule has 2 aromatic carbocycles. The van der Waals surface area contributed by atoms with Crippen molar-refractivity contribution in [2.45, 2.75) is 20.0 Å². The number of aromatic nitrogens is 2. The number of halogens is 3. The molecule has 5 nitrogen and oxygen atoms in total. The third kappa shape index (κ3) is 3.53. The number of benzene rings is 2. The number of nitrogens with one attached hydrogen (secondary N) is 1. The molecule has 0 amide bonds. The number of anilines is 2. The van der Waals surface area contributed by atoms with E-state index in [2.05, 4.69) is 15.3 Å². The Morgan fingerprint density at radius 1 is 1.11 bits per heavy atom. The summed E-state index contributed by atoms with van der Waals surface area (Å²) in [5.41, 5.74) is 2.84. The fraction of sp³-hybridized carbons (Fsp3) is 0.150. The first kappa shape index (κ1) is 18.0. The minimum atomic E-state index is -1.06. The molecule has 0 aliphatic carbocycles. The van der Waals surface area contributed by atoms with Crippen molar-refractivity contribution in [2.24, 2.45) is 4.99 Å². The SMILES string of the molecule is Cc1cc2c(cc1Nc1nc(=O)c(F)cn1Cc1cc(F)cc(F)c1)C=NC2. The number of aryl methyl sites for hydroxylation is 1. The molecule has 4 rings (SSSR count). The molecule has 0 fully saturated rings. The summed E-state index contributed by atoms with van der Waals surface area (Å²) >= 11 is 0. The van der Waals surface area contributed by atoms with Crippen molar-refractivity contribution in [3.8, 4) is 0 Å². The average molecular weight is 384 g/mol. The van der Waals surface area contributed by atoms with Gasteiger partial charge in [0.25, 0.3) is 0 Å². The Kier molecular flexibility index (Phi) is 4.46. The molecule has 2 heterocycles. The minimum absolute atomic E-state index is 0.0639. The lowest BCUT2D eigenvalue weighted by Crippen LogP contribution is -2.20. The van der Waals surface area contributed by atoms with Crippen molar-refractivity contribution in [1.82, 2.24) is 9.55 Å².